The molecule has 0 aliphatic heterocycles. The van der Waals surface area contributed by atoms with Crippen molar-refractivity contribution in [3.8, 4) is 23.2 Å². The van der Waals surface area contributed by atoms with Gasteiger partial charge in [0.25, 0.3) is 5.56 Å². The molecule has 4 rings (SSSR count). The fraction of sp³-hybridized carbons (Fsp3) is 0. The zero-order chi connectivity index (χ0) is 17.9. The number of halogens is 1. The maximum atomic E-state index is 13.8. The molecule has 0 bridgehead atoms. The van der Waals surface area contributed by atoms with Gasteiger partial charge in [-0.1, -0.05) is 42.2 Å². The van der Waals surface area contributed by atoms with Gasteiger partial charge in [0.2, 0.25) is 0 Å². The number of nitrogens with one attached hydrogen (secondary N) is 1. The molecular formula is C22H13FN2O. The van der Waals surface area contributed by atoms with Crippen molar-refractivity contribution in [3.63, 3.8) is 0 Å². The smallest absolute Gasteiger partial charge is 0.259 e. The van der Waals surface area contributed by atoms with E-state index in [2.05, 4.69) is 21.8 Å². The molecule has 0 amide bonds. The number of aromatic amines is 1. The van der Waals surface area contributed by atoms with Gasteiger partial charge in [0, 0.05) is 16.7 Å². The molecular weight excluding hydrogens is 327 g/mol. The summed E-state index contributed by atoms with van der Waals surface area (Å²) in [7, 11) is 0. The number of nitrogens with zero attached hydrogens (tertiary/aromatic N) is 1. The third-order valence-corrected chi connectivity index (χ3v) is 3.96. The Kier molecular flexibility index (Phi) is 4.04. The molecule has 3 aromatic carbocycles. The third kappa shape index (κ3) is 3.11. The van der Waals surface area contributed by atoms with Crippen LogP contribution in [0.4, 0.5) is 4.39 Å². The minimum Gasteiger partial charge on any atom is -0.306 e. The standard InChI is InChI=1S/C22H13FN2O/c23-17-12-13-18(16(14-17)11-10-15-6-2-1-3-7-15)21-24-20-9-5-4-8-19(20)22(26)25-21/h1-9,12-14H,(H,24,25,26). The number of hydrogen-bond donors (Lipinski definition) is 1. The van der Waals surface area contributed by atoms with Crippen LogP contribution >= 0.6 is 0 Å². The van der Waals surface area contributed by atoms with Crippen LogP contribution in [0.15, 0.2) is 77.6 Å². The van der Waals surface area contributed by atoms with Crippen molar-refractivity contribution in [2.45, 2.75) is 0 Å². The monoisotopic (exact) mass is 340 g/mol. The van der Waals surface area contributed by atoms with Gasteiger partial charge in [-0.3, -0.25) is 4.79 Å². The molecule has 0 unspecified atom stereocenters. The predicted octanol–water partition coefficient (Wildman–Crippen LogP) is 4.13. The molecule has 0 aliphatic carbocycles. The molecule has 4 aromatic rings. The summed E-state index contributed by atoms with van der Waals surface area (Å²) < 4.78 is 13.8. The molecule has 124 valence electrons. The van der Waals surface area contributed by atoms with Gasteiger partial charge >= 0.3 is 0 Å². The number of rotatable bonds is 1. The summed E-state index contributed by atoms with van der Waals surface area (Å²) in [5.74, 6) is 5.97. The highest BCUT2D eigenvalue weighted by Gasteiger charge is 2.10. The fourth-order valence-corrected chi connectivity index (χ4v) is 2.70. The highest BCUT2D eigenvalue weighted by molar-refractivity contribution is 5.80. The highest BCUT2D eigenvalue weighted by Crippen LogP contribution is 2.21. The normalized spacial score (nSPS) is 10.3. The van der Waals surface area contributed by atoms with E-state index in [9.17, 15) is 9.18 Å². The van der Waals surface area contributed by atoms with Crippen molar-refractivity contribution in [1.29, 1.82) is 0 Å². The van der Waals surface area contributed by atoms with Gasteiger partial charge in [-0.25, -0.2) is 9.37 Å². The third-order valence-electron chi connectivity index (χ3n) is 3.96. The lowest BCUT2D eigenvalue weighted by Gasteiger charge is -2.06. The molecule has 0 saturated heterocycles. The van der Waals surface area contributed by atoms with Crippen molar-refractivity contribution in [2.75, 3.05) is 0 Å². The molecule has 0 atom stereocenters. The molecule has 4 heteroatoms. The van der Waals surface area contributed by atoms with E-state index in [1.54, 1.807) is 24.3 Å². The molecule has 1 heterocycles. The second-order valence-corrected chi connectivity index (χ2v) is 5.74. The Bertz CT molecular complexity index is 1220. The van der Waals surface area contributed by atoms with Crippen LogP contribution in [-0.4, -0.2) is 9.97 Å². The van der Waals surface area contributed by atoms with Crippen LogP contribution in [0, 0.1) is 17.7 Å². The highest BCUT2D eigenvalue weighted by atomic mass is 19.1. The van der Waals surface area contributed by atoms with Gasteiger partial charge in [0.05, 0.1) is 10.9 Å². The first-order valence-electron chi connectivity index (χ1n) is 8.07. The number of hydrogen-bond acceptors (Lipinski definition) is 2. The Labute approximate surface area is 149 Å². The topological polar surface area (TPSA) is 45.8 Å². The Morgan fingerprint density at radius 3 is 2.50 bits per heavy atom. The molecule has 3 nitrogen and oxygen atoms in total. The summed E-state index contributed by atoms with van der Waals surface area (Å²) in [6.45, 7) is 0. The van der Waals surface area contributed by atoms with Crippen molar-refractivity contribution >= 4 is 10.9 Å². The number of fused-ring (bicyclic) bond motifs is 1. The average molecular weight is 340 g/mol. The molecule has 26 heavy (non-hydrogen) atoms. The Balaban J connectivity index is 1.88. The second-order valence-electron chi connectivity index (χ2n) is 5.74. The minimum atomic E-state index is -0.394. The molecule has 0 saturated carbocycles. The second kappa shape index (κ2) is 6.66. The zero-order valence-corrected chi connectivity index (χ0v) is 13.7. The Hall–Kier alpha value is -3.71. The first-order valence-corrected chi connectivity index (χ1v) is 8.07. The van der Waals surface area contributed by atoms with Crippen LogP contribution in [0.2, 0.25) is 0 Å². The number of H-pyrrole nitrogens is 1. The number of aromatic nitrogens is 2. The van der Waals surface area contributed by atoms with Crippen molar-refractivity contribution in [3.05, 3.63) is 100 Å². The van der Waals surface area contributed by atoms with Gasteiger partial charge < -0.3 is 4.98 Å². The summed E-state index contributed by atoms with van der Waals surface area (Å²) in [6.07, 6.45) is 0. The summed E-state index contributed by atoms with van der Waals surface area (Å²) in [5, 5.41) is 0.510. The summed E-state index contributed by atoms with van der Waals surface area (Å²) in [4.78, 5) is 19.6. The van der Waals surface area contributed by atoms with Gasteiger partial charge in [-0.15, -0.1) is 0 Å². The zero-order valence-electron chi connectivity index (χ0n) is 13.7. The molecule has 0 spiro atoms. The maximum absolute atomic E-state index is 13.8. The molecule has 1 N–H and O–H groups in total. The van der Waals surface area contributed by atoms with Crippen LogP contribution < -0.4 is 5.56 Å². The molecule has 1 aromatic heterocycles. The van der Waals surface area contributed by atoms with E-state index in [0.29, 0.717) is 27.9 Å². The number of para-hydroxylation sites is 1. The van der Waals surface area contributed by atoms with Gasteiger partial charge in [0.15, 0.2) is 0 Å². The van der Waals surface area contributed by atoms with Crippen LogP contribution in [-0.2, 0) is 0 Å². The van der Waals surface area contributed by atoms with Crippen molar-refractivity contribution < 1.29 is 4.39 Å². The van der Waals surface area contributed by atoms with E-state index >= 15 is 0 Å². The number of benzene rings is 3. The predicted molar refractivity (Wildman–Crippen MR) is 100 cm³/mol. The lowest BCUT2D eigenvalue weighted by molar-refractivity contribution is 0.627. The van der Waals surface area contributed by atoms with Gasteiger partial charge in [-0.05, 0) is 42.5 Å². The van der Waals surface area contributed by atoms with Crippen molar-refractivity contribution in [2.24, 2.45) is 0 Å². The SMILES string of the molecule is O=c1[nH]c(-c2ccc(F)cc2C#Cc2ccccc2)nc2ccccc12. The van der Waals surface area contributed by atoms with Gasteiger partial charge in [-0.2, -0.15) is 0 Å². The summed E-state index contributed by atoms with van der Waals surface area (Å²) in [6, 6.07) is 20.8. The molecule has 0 aliphatic rings. The lowest BCUT2D eigenvalue weighted by atomic mass is 10.1. The fourth-order valence-electron chi connectivity index (χ4n) is 2.70. The molecule has 0 radical (unpaired) electrons. The van der Waals surface area contributed by atoms with Crippen LogP contribution in [0.25, 0.3) is 22.3 Å². The Morgan fingerprint density at radius 2 is 1.65 bits per heavy atom. The van der Waals surface area contributed by atoms with E-state index in [-0.39, 0.29) is 5.56 Å². The maximum Gasteiger partial charge on any atom is 0.259 e. The van der Waals surface area contributed by atoms with E-state index < -0.39 is 5.82 Å². The van der Waals surface area contributed by atoms with Crippen molar-refractivity contribution in [1.82, 2.24) is 9.97 Å². The first-order chi connectivity index (χ1) is 12.7. The first kappa shape index (κ1) is 15.8. The van der Waals surface area contributed by atoms with E-state index in [0.717, 1.165) is 5.56 Å². The quantitative estimate of drug-likeness (QED) is 0.530. The van der Waals surface area contributed by atoms with E-state index in [1.807, 2.05) is 36.4 Å². The minimum absolute atomic E-state index is 0.239. The summed E-state index contributed by atoms with van der Waals surface area (Å²) in [5.41, 5.74) is 2.21. The lowest BCUT2D eigenvalue weighted by Crippen LogP contribution is -2.09. The van der Waals surface area contributed by atoms with Gasteiger partial charge in [0.1, 0.15) is 11.6 Å². The van der Waals surface area contributed by atoms with Crippen LogP contribution in [0.5, 0.6) is 0 Å². The summed E-state index contributed by atoms with van der Waals surface area (Å²) >= 11 is 0. The van der Waals surface area contributed by atoms with E-state index in [1.165, 1.54) is 12.1 Å². The van der Waals surface area contributed by atoms with E-state index in [4.69, 9.17) is 0 Å². The Morgan fingerprint density at radius 1 is 0.885 bits per heavy atom. The van der Waals surface area contributed by atoms with Crippen LogP contribution in [0.3, 0.4) is 0 Å². The average Bonchev–Trinajstić information content (AvgIpc) is 2.67. The molecule has 0 fully saturated rings. The van der Waals surface area contributed by atoms with Crippen LogP contribution in [0.1, 0.15) is 11.1 Å². The largest absolute Gasteiger partial charge is 0.306 e.